The number of esters is 1. The van der Waals surface area contributed by atoms with Gasteiger partial charge in [-0.25, -0.2) is 9.18 Å². The van der Waals surface area contributed by atoms with E-state index < -0.39 is 30.4 Å². The van der Waals surface area contributed by atoms with Crippen LogP contribution in [-0.2, 0) is 20.7 Å². The van der Waals surface area contributed by atoms with Gasteiger partial charge >= 0.3 is 5.97 Å². The second kappa shape index (κ2) is 10.1. The SMILES string of the molecule is C=CCc1ccc(OCC(=O)O[C@H](C)C(=O)Nc2cccc(F)c2)c(OC)c1. The van der Waals surface area contributed by atoms with E-state index in [1.165, 1.54) is 32.2 Å². The molecule has 2 aromatic rings. The van der Waals surface area contributed by atoms with Crippen LogP contribution in [0.1, 0.15) is 12.5 Å². The van der Waals surface area contributed by atoms with E-state index in [0.29, 0.717) is 17.9 Å². The van der Waals surface area contributed by atoms with Gasteiger partial charge in [0.15, 0.2) is 24.2 Å². The molecule has 148 valence electrons. The minimum atomic E-state index is -1.07. The number of amides is 1. The Balaban J connectivity index is 1.87. The molecule has 1 amide bonds. The van der Waals surface area contributed by atoms with E-state index in [0.717, 1.165) is 11.6 Å². The molecule has 0 aliphatic carbocycles. The standard InChI is InChI=1S/C21H22FNO5/c1-4-6-15-9-10-18(19(11-15)26-3)27-13-20(24)28-14(2)21(25)23-17-8-5-7-16(22)12-17/h4-5,7-12,14H,1,6,13H2,2-3H3,(H,23,25)/t14-/m1/s1. The molecule has 0 saturated heterocycles. The molecule has 6 nitrogen and oxygen atoms in total. The molecular weight excluding hydrogens is 365 g/mol. The zero-order valence-corrected chi connectivity index (χ0v) is 15.7. The number of methoxy groups -OCH3 is 1. The maximum Gasteiger partial charge on any atom is 0.344 e. The Morgan fingerprint density at radius 2 is 2.00 bits per heavy atom. The van der Waals surface area contributed by atoms with Crippen LogP contribution in [0.25, 0.3) is 0 Å². The molecule has 0 spiro atoms. The molecule has 1 atom stereocenters. The van der Waals surface area contributed by atoms with Gasteiger partial charge in [-0.3, -0.25) is 4.79 Å². The fraction of sp³-hybridized carbons (Fsp3) is 0.238. The van der Waals surface area contributed by atoms with Crippen LogP contribution < -0.4 is 14.8 Å². The first kappa shape index (κ1) is 21.0. The average Bonchev–Trinajstić information content (AvgIpc) is 2.67. The Kier molecular flexibility index (Phi) is 7.56. The molecular formula is C21H22FNO5. The van der Waals surface area contributed by atoms with Crippen molar-refractivity contribution in [2.45, 2.75) is 19.4 Å². The molecule has 0 bridgehead atoms. The lowest BCUT2D eigenvalue weighted by Crippen LogP contribution is -2.31. The van der Waals surface area contributed by atoms with Crippen molar-refractivity contribution in [3.63, 3.8) is 0 Å². The monoisotopic (exact) mass is 387 g/mol. The van der Waals surface area contributed by atoms with Crippen molar-refractivity contribution in [2.75, 3.05) is 19.0 Å². The van der Waals surface area contributed by atoms with Gasteiger partial charge in [-0.1, -0.05) is 18.2 Å². The maximum atomic E-state index is 13.2. The molecule has 0 aliphatic rings. The summed E-state index contributed by atoms with van der Waals surface area (Å²) in [6.45, 7) is 4.70. The summed E-state index contributed by atoms with van der Waals surface area (Å²) in [7, 11) is 1.50. The predicted octanol–water partition coefficient (Wildman–Crippen LogP) is 3.51. The Hall–Kier alpha value is -3.35. The quantitative estimate of drug-likeness (QED) is 0.527. The van der Waals surface area contributed by atoms with Crippen molar-refractivity contribution >= 4 is 17.6 Å². The lowest BCUT2D eigenvalue weighted by atomic mass is 10.1. The number of carbonyl (C=O) groups is 2. The normalized spacial score (nSPS) is 11.2. The number of carbonyl (C=O) groups excluding carboxylic acids is 2. The molecule has 0 heterocycles. The third kappa shape index (κ3) is 6.12. The Labute approximate surface area is 162 Å². The van der Waals surface area contributed by atoms with Gasteiger partial charge in [0.25, 0.3) is 5.91 Å². The van der Waals surface area contributed by atoms with Gasteiger partial charge in [0.05, 0.1) is 7.11 Å². The van der Waals surface area contributed by atoms with Crippen molar-refractivity contribution in [1.82, 2.24) is 0 Å². The summed E-state index contributed by atoms with van der Waals surface area (Å²) in [6, 6.07) is 10.7. The minimum Gasteiger partial charge on any atom is -0.493 e. The minimum absolute atomic E-state index is 0.272. The van der Waals surface area contributed by atoms with Crippen molar-refractivity contribution in [1.29, 1.82) is 0 Å². The molecule has 0 fully saturated rings. The van der Waals surface area contributed by atoms with E-state index in [4.69, 9.17) is 14.2 Å². The lowest BCUT2D eigenvalue weighted by Gasteiger charge is -2.15. The maximum absolute atomic E-state index is 13.2. The Morgan fingerprint density at radius 1 is 1.21 bits per heavy atom. The predicted molar refractivity (Wildman–Crippen MR) is 103 cm³/mol. The molecule has 0 saturated carbocycles. The fourth-order valence-electron chi connectivity index (χ4n) is 2.36. The number of hydrogen-bond donors (Lipinski definition) is 1. The van der Waals surface area contributed by atoms with Crippen molar-refractivity contribution in [3.8, 4) is 11.5 Å². The highest BCUT2D eigenvalue weighted by Gasteiger charge is 2.19. The highest BCUT2D eigenvalue weighted by atomic mass is 19.1. The third-order valence-electron chi connectivity index (χ3n) is 3.72. The first-order chi connectivity index (χ1) is 13.4. The lowest BCUT2D eigenvalue weighted by molar-refractivity contribution is -0.155. The zero-order chi connectivity index (χ0) is 20.5. The summed E-state index contributed by atoms with van der Waals surface area (Å²) in [6.07, 6.45) is 1.37. The van der Waals surface area contributed by atoms with Crippen LogP contribution in [-0.4, -0.2) is 31.7 Å². The topological polar surface area (TPSA) is 73.9 Å². The van der Waals surface area contributed by atoms with Gasteiger partial charge in [-0.15, -0.1) is 6.58 Å². The average molecular weight is 387 g/mol. The second-order valence-corrected chi connectivity index (χ2v) is 5.90. The van der Waals surface area contributed by atoms with E-state index >= 15 is 0 Å². The van der Waals surface area contributed by atoms with Crippen LogP contribution in [0.3, 0.4) is 0 Å². The number of anilines is 1. The molecule has 0 aromatic heterocycles. The highest BCUT2D eigenvalue weighted by molar-refractivity contribution is 5.95. The van der Waals surface area contributed by atoms with Crippen molar-refractivity contribution < 1.29 is 28.2 Å². The molecule has 0 aliphatic heterocycles. The van der Waals surface area contributed by atoms with E-state index in [1.54, 1.807) is 18.2 Å². The van der Waals surface area contributed by atoms with Crippen LogP contribution in [0, 0.1) is 5.82 Å². The van der Waals surface area contributed by atoms with Gasteiger partial charge in [0.1, 0.15) is 5.82 Å². The number of halogens is 1. The molecule has 7 heteroatoms. The number of rotatable bonds is 9. The first-order valence-corrected chi connectivity index (χ1v) is 8.59. The Morgan fingerprint density at radius 3 is 2.68 bits per heavy atom. The smallest absolute Gasteiger partial charge is 0.344 e. The van der Waals surface area contributed by atoms with Crippen molar-refractivity contribution in [2.24, 2.45) is 0 Å². The first-order valence-electron chi connectivity index (χ1n) is 8.59. The van der Waals surface area contributed by atoms with Gasteiger partial charge in [0.2, 0.25) is 0 Å². The number of allylic oxidation sites excluding steroid dienone is 1. The van der Waals surface area contributed by atoms with E-state index in [9.17, 15) is 14.0 Å². The van der Waals surface area contributed by atoms with Crippen LogP contribution in [0.5, 0.6) is 11.5 Å². The highest BCUT2D eigenvalue weighted by Crippen LogP contribution is 2.28. The molecule has 28 heavy (non-hydrogen) atoms. The number of nitrogens with one attached hydrogen (secondary N) is 1. The third-order valence-corrected chi connectivity index (χ3v) is 3.72. The Bertz CT molecular complexity index is 852. The molecule has 0 radical (unpaired) electrons. The molecule has 2 aromatic carbocycles. The second-order valence-electron chi connectivity index (χ2n) is 5.90. The summed E-state index contributed by atoms with van der Waals surface area (Å²) in [5, 5.41) is 2.47. The van der Waals surface area contributed by atoms with Gasteiger partial charge < -0.3 is 19.5 Å². The van der Waals surface area contributed by atoms with Gasteiger partial charge in [-0.05, 0) is 49.2 Å². The van der Waals surface area contributed by atoms with Gasteiger partial charge in [-0.2, -0.15) is 0 Å². The summed E-state index contributed by atoms with van der Waals surface area (Å²) >= 11 is 0. The van der Waals surface area contributed by atoms with Crippen LogP contribution >= 0.6 is 0 Å². The van der Waals surface area contributed by atoms with Gasteiger partial charge in [0, 0.05) is 5.69 Å². The number of hydrogen-bond acceptors (Lipinski definition) is 5. The largest absolute Gasteiger partial charge is 0.493 e. The van der Waals surface area contributed by atoms with E-state index in [1.807, 2.05) is 6.07 Å². The molecule has 2 rings (SSSR count). The van der Waals surface area contributed by atoms with Crippen LogP contribution in [0.2, 0.25) is 0 Å². The number of ether oxygens (including phenoxy) is 3. The van der Waals surface area contributed by atoms with Crippen LogP contribution in [0.4, 0.5) is 10.1 Å². The summed E-state index contributed by atoms with van der Waals surface area (Å²) in [5.41, 5.74) is 1.26. The molecule has 1 N–H and O–H groups in total. The summed E-state index contributed by atoms with van der Waals surface area (Å²) < 4.78 is 28.9. The van der Waals surface area contributed by atoms with Crippen molar-refractivity contribution in [3.05, 3.63) is 66.5 Å². The van der Waals surface area contributed by atoms with Crippen LogP contribution in [0.15, 0.2) is 55.1 Å². The zero-order valence-electron chi connectivity index (χ0n) is 15.7. The van der Waals surface area contributed by atoms with E-state index in [2.05, 4.69) is 11.9 Å². The summed E-state index contributed by atoms with van der Waals surface area (Å²) in [5.74, 6) is -0.929. The number of benzene rings is 2. The summed E-state index contributed by atoms with van der Waals surface area (Å²) in [4.78, 5) is 24.0. The van der Waals surface area contributed by atoms with E-state index in [-0.39, 0.29) is 5.69 Å². The fourth-order valence-corrected chi connectivity index (χ4v) is 2.36. The molecule has 0 unspecified atom stereocenters.